The van der Waals surface area contributed by atoms with Crippen molar-refractivity contribution < 1.29 is 38.7 Å². The number of nitrogens with two attached hydrogens (primary N) is 2. The number of hydrogen-bond donors (Lipinski definition) is 7. The topological polar surface area (TPSA) is 240 Å². The molecule has 0 saturated heterocycles. The van der Waals surface area contributed by atoms with Crippen LogP contribution in [0.4, 0.5) is 0 Å². The minimum Gasteiger partial charge on any atom is -0.481 e. The van der Waals surface area contributed by atoms with Crippen molar-refractivity contribution in [2.75, 3.05) is 0 Å². The number of rotatable bonds is 17. The van der Waals surface area contributed by atoms with Gasteiger partial charge in [-0.25, -0.2) is 0 Å². The Hall–Kier alpha value is -4.49. The standard InChI is InChI=1S/C26H38N6O8/c1-14(2)11-19(25(39)31-18(23(28)37)12-16-7-5-4-6-8-16)32-24(38)17(9-10-21(27)34)30-26(40)20(13-22(35)36)29-15(3)33/h4-8,14,17-20H,9-13H2,1-3H3,(H2,27,34)(H2,28,37)(H,29,33)(H,30,40)(H,31,39)(H,32,38)(H,35,36)/t17-,18-,19-,20-/m0/s1. The van der Waals surface area contributed by atoms with Gasteiger partial charge in [0.25, 0.3) is 0 Å². The Morgan fingerprint density at radius 2 is 1.30 bits per heavy atom. The number of hydrogen-bond acceptors (Lipinski definition) is 7. The van der Waals surface area contributed by atoms with Gasteiger partial charge in [0.15, 0.2) is 0 Å². The van der Waals surface area contributed by atoms with E-state index >= 15 is 0 Å². The maximum Gasteiger partial charge on any atom is 0.305 e. The zero-order valence-corrected chi connectivity index (χ0v) is 22.8. The minimum absolute atomic E-state index is 0.0874. The van der Waals surface area contributed by atoms with E-state index in [9.17, 15) is 33.6 Å². The lowest BCUT2D eigenvalue weighted by Gasteiger charge is -2.26. The second kappa shape index (κ2) is 16.5. The fourth-order valence-electron chi connectivity index (χ4n) is 3.78. The van der Waals surface area contributed by atoms with Crippen LogP contribution >= 0.6 is 0 Å². The molecule has 0 unspecified atom stereocenters. The summed E-state index contributed by atoms with van der Waals surface area (Å²) in [5, 5.41) is 18.7. The summed E-state index contributed by atoms with van der Waals surface area (Å²) in [6.45, 7) is 4.70. The predicted octanol–water partition coefficient (Wildman–Crippen LogP) is -1.54. The number of nitrogens with one attached hydrogen (secondary N) is 4. The van der Waals surface area contributed by atoms with E-state index in [0.29, 0.717) is 0 Å². The van der Waals surface area contributed by atoms with Gasteiger partial charge in [0.1, 0.15) is 24.2 Å². The molecule has 0 saturated carbocycles. The van der Waals surface area contributed by atoms with E-state index in [0.717, 1.165) is 12.5 Å². The second-order valence-electron chi connectivity index (χ2n) is 9.76. The van der Waals surface area contributed by atoms with Gasteiger partial charge < -0.3 is 37.8 Å². The molecule has 9 N–H and O–H groups in total. The molecule has 6 amide bonds. The summed E-state index contributed by atoms with van der Waals surface area (Å²) in [7, 11) is 0. The number of carbonyl (C=O) groups is 7. The molecule has 14 nitrogen and oxygen atoms in total. The molecule has 220 valence electrons. The van der Waals surface area contributed by atoms with Gasteiger partial charge in [0.05, 0.1) is 6.42 Å². The highest BCUT2D eigenvalue weighted by Gasteiger charge is 2.32. The van der Waals surface area contributed by atoms with Gasteiger partial charge in [-0.2, -0.15) is 0 Å². The van der Waals surface area contributed by atoms with E-state index in [-0.39, 0.29) is 31.6 Å². The summed E-state index contributed by atoms with van der Waals surface area (Å²) >= 11 is 0. The lowest BCUT2D eigenvalue weighted by atomic mass is 10.00. The molecule has 1 aromatic rings. The van der Waals surface area contributed by atoms with Crippen LogP contribution in [0.5, 0.6) is 0 Å². The maximum atomic E-state index is 13.2. The van der Waals surface area contributed by atoms with Gasteiger partial charge in [0, 0.05) is 19.8 Å². The zero-order chi connectivity index (χ0) is 30.4. The Kier molecular flexibility index (Phi) is 13.8. The number of amides is 6. The van der Waals surface area contributed by atoms with E-state index < -0.39 is 72.0 Å². The smallest absolute Gasteiger partial charge is 0.305 e. The fraction of sp³-hybridized carbons (Fsp3) is 0.500. The van der Waals surface area contributed by atoms with Crippen LogP contribution in [0.3, 0.4) is 0 Å². The van der Waals surface area contributed by atoms with Gasteiger partial charge in [0.2, 0.25) is 35.4 Å². The third kappa shape index (κ3) is 12.8. The lowest BCUT2D eigenvalue weighted by Crippen LogP contribution is -2.58. The third-order valence-electron chi connectivity index (χ3n) is 5.67. The molecule has 0 spiro atoms. The Bertz CT molecular complexity index is 1060. The Balaban J connectivity index is 3.12. The summed E-state index contributed by atoms with van der Waals surface area (Å²) in [6, 6.07) is 3.74. The molecule has 4 atom stereocenters. The predicted molar refractivity (Wildman–Crippen MR) is 143 cm³/mol. The molecule has 0 aliphatic heterocycles. The van der Waals surface area contributed by atoms with Crippen molar-refractivity contribution in [3.05, 3.63) is 35.9 Å². The maximum absolute atomic E-state index is 13.2. The minimum atomic E-state index is -1.50. The quantitative estimate of drug-likeness (QED) is 0.117. The Morgan fingerprint density at radius 1 is 0.775 bits per heavy atom. The molecular formula is C26H38N6O8. The van der Waals surface area contributed by atoms with Crippen molar-refractivity contribution in [1.29, 1.82) is 0 Å². The summed E-state index contributed by atoms with van der Waals surface area (Å²) in [5.74, 6) is -6.21. The van der Waals surface area contributed by atoms with Gasteiger partial charge in [-0.15, -0.1) is 0 Å². The van der Waals surface area contributed by atoms with Crippen LogP contribution in [0.15, 0.2) is 30.3 Å². The molecule has 0 bridgehead atoms. The number of carboxylic acids is 1. The van der Waals surface area contributed by atoms with Crippen molar-refractivity contribution in [2.24, 2.45) is 17.4 Å². The van der Waals surface area contributed by atoms with Gasteiger partial charge in [-0.3, -0.25) is 33.6 Å². The van der Waals surface area contributed by atoms with Crippen LogP contribution in [0.25, 0.3) is 0 Å². The van der Waals surface area contributed by atoms with E-state index in [1.54, 1.807) is 44.2 Å². The average Bonchev–Trinajstić information content (AvgIpc) is 2.84. The number of benzene rings is 1. The van der Waals surface area contributed by atoms with E-state index in [2.05, 4.69) is 21.3 Å². The first-order valence-corrected chi connectivity index (χ1v) is 12.7. The molecular weight excluding hydrogens is 524 g/mol. The molecule has 1 aromatic carbocycles. The van der Waals surface area contributed by atoms with Crippen molar-refractivity contribution in [1.82, 2.24) is 21.3 Å². The summed E-state index contributed by atoms with van der Waals surface area (Å²) in [4.78, 5) is 85.2. The first-order valence-electron chi connectivity index (χ1n) is 12.7. The van der Waals surface area contributed by atoms with E-state index in [1.165, 1.54) is 0 Å². The normalized spacial score (nSPS) is 13.7. The first-order chi connectivity index (χ1) is 18.7. The molecule has 0 radical (unpaired) electrons. The Morgan fingerprint density at radius 3 is 1.80 bits per heavy atom. The number of carbonyl (C=O) groups excluding carboxylic acids is 6. The third-order valence-corrected chi connectivity index (χ3v) is 5.67. The van der Waals surface area contributed by atoms with E-state index in [4.69, 9.17) is 16.6 Å². The van der Waals surface area contributed by atoms with Crippen LogP contribution in [0, 0.1) is 5.92 Å². The molecule has 0 heterocycles. The van der Waals surface area contributed by atoms with Crippen LogP contribution in [0.2, 0.25) is 0 Å². The van der Waals surface area contributed by atoms with Crippen LogP contribution in [-0.4, -0.2) is 70.7 Å². The van der Waals surface area contributed by atoms with E-state index in [1.807, 2.05) is 0 Å². The molecule has 14 heteroatoms. The molecule has 0 fully saturated rings. The monoisotopic (exact) mass is 562 g/mol. The highest BCUT2D eigenvalue weighted by atomic mass is 16.4. The molecule has 0 aromatic heterocycles. The number of carboxylic acid groups (broad SMARTS) is 1. The first kappa shape index (κ1) is 33.5. The SMILES string of the molecule is CC(=O)N[C@@H](CC(=O)O)C(=O)N[C@@H](CCC(N)=O)C(=O)N[C@@H](CC(C)C)C(=O)N[C@@H](Cc1ccccc1)C(N)=O. The Labute approximate surface area is 232 Å². The van der Waals surface area contributed by atoms with Gasteiger partial charge in [-0.05, 0) is 24.3 Å². The van der Waals surface area contributed by atoms with Crippen molar-refractivity contribution >= 4 is 41.4 Å². The summed E-state index contributed by atoms with van der Waals surface area (Å²) < 4.78 is 0. The highest BCUT2D eigenvalue weighted by Crippen LogP contribution is 2.09. The van der Waals surface area contributed by atoms with Crippen molar-refractivity contribution in [2.45, 2.75) is 77.0 Å². The van der Waals surface area contributed by atoms with Crippen LogP contribution in [-0.2, 0) is 40.0 Å². The van der Waals surface area contributed by atoms with Crippen molar-refractivity contribution in [3.8, 4) is 0 Å². The van der Waals surface area contributed by atoms with Crippen molar-refractivity contribution in [3.63, 3.8) is 0 Å². The molecule has 0 aliphatic rings. The summed E-state index contributed by atoms with van der Waals surface area (Å²) in [6.07, 6.45) is -1.07. The molecule has 1 rings (SSSR count). The fourth-order valence-corrected chi connectivity index (χ4v) is 3.78. The summed E-state index contributed by atoms with van der Waals surface area (Å²) in [5.41, 5.74) is 11.4. The average molecular weight is 563 g/mol. The second-order valence-corrected chi connectivity index (χ2v) is 9.76. The lowest BCUT2D eigenvalue weighted by molar-refractivity contribution is -0.141. The number of aliphatic carboxylic acids is 1. The van der Waals surface area contributed by atoms with Crippen LogP contribution in [0.1, 0.15) is 52.0 Å². The van der Waals surface area contributed by atoms with Gasteiger partial charge >= 0.3 is 5.97 Å². The zero-order valence-electron chi connectivity index (χ0n) is 22.8. The largest absolute Gasteiger partial charge is 0.481 e. The van der Waals surface area contributed by atoms with Crippen LogP contribution < -0.4 is 32.7 Å². The number of primary amides is 2. The van der Waals surface area contributed by atoms with Gasteiger partial charge in [-0.1, -0.05) is 44.2 Å². The highest BCUT2D eigenvalue weighted by molar-refractivity contribution is 5.96. The molecule has 40 heavy (non-hydrogen) atoms. The molecule has 0 aliphatic carbocycles.